The maximum Gasteiger partial charge on any atom is 0.129 e. The van der Waals surface area contributed by atoms with Gasteiger partial charge in [0.05, 0.1) is 0 Å². The van der Waals surface area contributed by atoms with Crippen molar-refractivity contribution in [1.82, 2.24) is 10.3 Å². The van der Waals surface area contributed by atoms with Crippen molar-refractivity contribution in [2.75, 3.05) is 18.0 Å². The van der Waals surface area contributed by atoms with E-state index in [0.717, 1.165) is 30.7 Å². The van der Waals surface area contributed by atoms with Crippen molar-refractivity contribution < 1.29 is 0 Å². The Hall–Kier alpha value is -1.09. The average Bonchev–Trinajstić information content (AvgIpc) is 3.27. The fraction of sp³-hybridized carbons (Fsp3) is 0.688. The Balaban J connectivity index is 1.70. The van der Waals surface area contributed by atoms with Gasteiger partial charge in [0, 0.05) is 31.4 Å². The molecule has 1 aromatic heterocycles. The summed E-state index contributed by atoms with van der Waals surface area (Å²) in [6.45, 7) is 7.57. The fourth-order valence-electron chi connectivity index (χ4n) is 2.53. The Morgan fingerprint density at radius 1 is 1.26 bits per heavy atom. The summed E-state index contributed by atoms with van der Waals surface area (Å²) in [6, 6.07) is 5.25. The van der Waals surface area contributed by atoms with E-state index in [-0.39, 0.29) is 0 Å². The second-order valence-corrected chi connectivity index (χ2v) is 6.11. The molecule has 2 aliphatic carbocycles. The molecule has 0 aliphatic heterocycles. The highest BCUT2D eigenvalue weighted by Crippen LogP contribution is 2.31. The van der Waals surface area contributed by atoms with Crippen LogP contribution in [0.4, 0.5) is 5.82 Å². The van der Waals surface area contributed by atoms with Crippen LogP contribution in [0.3, 0.4) is 0 Å². The van der Waals surface area contributed by atoms with Crippen LogP contribution in [-0.4, -0.2) is 24.1 Å². The van der Waals surface area contributed by atoms with Crippen molar-refractivity contribution in [3.63, 3.8) is 0 Å². The molecule has 0 amide bonds. The number of hydrogen-bond donors (Lipinski definition) is 1. The highest BCUT2D eigenvalue weighted by atomic mass is 15.2. The number of nitrogens with zero attached hydrogens (tertiary/aromatic N) is 2. The largest absolute Gasteiger partial charge is 0.357 e. The van der Waals surface area contributed by atoms with Crippen LogP contribution in [0.15, 0.2) is 12.1 Å². The topological polar surface area (TPSA) is 28.2 Å². The molecule has 0 saturated heterocycles. The molecule has 0 radical (unpaired) electrons. The number of pyridine rings is 1. The van der Waals surface area contributed by atoms with Gasteiger partial charge in [0.2, 0.25) is 0 Å². The minimum atomic E-state index is 0.769. The van der Waals surface area contributed by atoms with Crippen LogP contribution in [0.2, 0.25) is 0 Å². The van der Waals surface area contributed by atoms with Gasteiger partial charge in [-0.05, 0) is 63.1 Å². The number of nitrogens with one attached hydrogen (secondary N) is 1. The molecule has 19 heavy (non-hydrogen) atoms. The lowest BCUT2D eigenvalue weighted by atomic mass is 10.2. The van der Waals surface area contributed by atoms with Crippen molar-refractivity contribution in [2.45, 2.75) is 52.1 Å². The van der Waals surface area contributed by atoms with Crippen LogP contribution in [0, 0.1) is 12.8 Å². The lowest BCUT2D eigenvalue weighted by Gasteiger charge is -2.23. The van der Waals surface area contributed by atoms with Crippen molar-refractivity contribution in [3.05, 3.63) is 23.4 Å². The maximum absolute atomic E-state index is 4.73. The van der Waals surface area contributed by atoms with Gasteiger partial charge in [0.25, 0.3) is 0 Å². The molecule has 3 heteroatoms. The lowest BCUT2D eigenvalue weighted by Crippen LogP contribution is -2.26. The molecule has 0 bridgehead atoms. The Morgan fingerprint density at radius 3 is 2.68 bits per heavy atom. The predicted molar refractivity (Wildman–Crippen MR) is 79.4 cm³/mol. The summed E-state index contributed by atoms with van der Waals surface area (Å²) in [5, 5.41) is 3.59. The van der Waals surface area contributed by atoms with E-state index in [1.807, 2.05) is 0 Å². The molecule has 2 fully saturated rings. The van der Waals surface area contributed by atoms with E-state index in [0.29, 0.717) is 0 Å². The molecule has 2 aliphatic rings. The summed E-state index contributed by atoms with van der Waals surface area (Å²) < 4.78 is 0. The first-order valence-electron chi connectivity index (χ1n) is 7.70. The van der Waals surface area contributed by atoms with Crippen molar-refractivity contribution >= 4 is 5.82 Å². The van der Waals surface area contributed by atoms with Gasteiger partial charge in [-0.1, -0.05) is 0 Å². The maximum atomic E-state index is 4.73. The first-order valence-corrected chi connectivity index (χ1v) is 7.70. The Bertz CT molecular complexity index is 436. The SMILES string of the molecule is CCN(CC1CC1)c1cc(CNC2CC2)cc(C)n1. The average molecular weight is 259 g/mol. The third-order valence-corrected chi connectivity index (χ3v) is 4.05. The summed E-state index contributed by atoms with van der Waals surface area (Å²) in [5.41, 5.74) is 2.52. The van der Waals surface area contributed by atoms with Gasteiger partial charge in [-0.25, -0.2) is 4.98 Å². The van der Waals surface area contributed by atoms with E-state index in [1.165, 1.54) is 43.6 Å². The van der Waals surface area contributed by atoms with Gasteiger partial charge in [-0.3, -0.25) is 0 Å². The monoisotopic (exact) mass is 259 g/mol. The molecule has 0 unspecified atom stereocenters. The highest BCUT2D eigenvalue weighted by Gasteiger charge is 2.24. The van der Waals surface area contributed by atoms with Crippen LogP contribution >= 0.6 is 0 Å². The smallest absolute Gasteiger partial charge is 0.129 e. The van der Waals surface area contributed by atoms with Crippen molar-refractivity contribution in [2.24, 2.45) is 5.92 Å². The first-order chi connectivity index (χ1) is 9.24. The van der Waals surface area contributed by atoms with Crippen LogP contribution in [0.25, 0.3) is 0 Å². The van der Waals surface area contributed by atoms with E-state index in [2.05, 4.69) is 36.2 Å². The minimum Gasteiger partial charge on any atom is -0.357 e. The number of rotatable bonds is 7. The van der Waals surface area contributed by atoms with Crippen LogP contribution in [-0.2, 0) is 6.54 Å². The van der Waals surface area contributed by atoms with Crippen molar-refractivity contribution in [1.29, 1.82) is 0 Å². The third-order valence-electron chi connectivity index (χ3n) is 4.05. The molecule has 3 nitrogen and oxygen atoms in total. The van der Waals surface area contributed by atoms with E-state index in [1.54, 1.807) is 0 Å². The number of aryl methyl sites for hydroxylation is 1. The van der Waals surface area contributed by atoms with Gasteiger partial charge in [-0.15, -0.1) is 0 Å². The van der Waals surface area contributed by atoms with E-state index in [4.69, 9.17) is 4.98 Å². The lowest BCUT2D eigenvalue weighted by molar-refractivity contribution is 0.683. The fourth-order valence-corrected chi connectivity index (χ4v) is 2.53. The molecular weight excluding hydrogens is 234 g/mol. The quantitative estimate of drug-likeness (QED) is 0.816. The van der Waals surface area contributed by atoms with Gasteiger partial charge >= 0.3 is 0 Å². The second-order valence-electron chi connectivity index (χ2n) is 6.11. The normalized spacial score (nSPS) is 18.6. The first kappa shape index (κ1) is 12.9. The summed E-state index contributed by atoms with van der Waals surface area (Å²) in [7, 11) is 0. The number of anilines is 1. The summed E-state index contributed by atoms with van der Waals surface area (Å²) in [5.74, 6) is 2.08. The van der Waals surface area contributed by atoms with Gasteiger partial charge in [-0.2, -0.15) is 0 Å². The summed E-state index contributed by atoms with van der Waals surface area (Å²) in [4.78, 5) is 7.16. The van der Waals surface area contributed by atoms with E-state index >= 15 is 0 Å². The Labute approximate surface area is 116 Å². The molecular formula is C16H25N3. The van der Waals surface area contributed by atoms with Crippen LogP contribution in [0.1, 0.15) is 43.9 Å². The molecule has 2 saturated carbocycles. The van der Waals surface area contributed by atoms with Crippen LogP contribution in [0.5, 0.6) is 0 Å². The predicted octanol–water partition coefficient (Wildman–Crippen LogP) is 2.88. The standard InChI is InChI=1S/C16H25N3/c1-3-19(11-13-4-5-13)16-9-14(8-12(2)18-16)10-17-15-6-7-15/h8-9,13,15,17H,3-7,10-11H2,1-2H3. The van der Waals surface area contributed by atoms with E-state index in [9.17, 15) is 0 Å². The molecule has 3 rings (SSSR count). The van der Waals surface area contributed by atoms with Gasteiger partial charge in [0.15, 0.2) is 0 Å². The minimum absolute atomic E-state index is 0.769. The molecule has 1 aromatic rings. The van der Waals surface area contributed by atoms with Crippen molar-refractivity contribution in [3.8, 4) is 0 Å². The molecule has 0 atom stereocenters. The highest BCUT2D eigenvalue weighted by molar-refractivity contribution is 5.43. The zero-order chi connectivity index (χ0) is 13.2. The van der Waals surface area contributed by atoms with Gasteiger partial charge in [0.1, 0.15) is 5.82 Å². The number of hydrogen-bond acceptors (Lipinski definition) is 3. The van der Waals surface area contributed by atoms with Crippen LogP contribution < -0.4 is 10.2 Å². The summed E-state index contributed by atoms with van der Waals surface area (Å²) >= 11 is 0. The number of aromatic nitrogens is 1. The zero-order valence-electron chi connectivity index (χ0n) is 12.2. The molecule has 104 valence electrons. The molecule has 1 N–H and O–H groups in total. The Kier molecular flexibility index (Phi) is 3.74. The Morgan fingerprint density at radius 2 is 2.05 bits per heavy atom. The third kappa shape index (κ3) is 3.69. The zero-order valence-corrected chi connectivity index (χ0v) is 12.2. The molecule has 1 heterocycles. The van der Waals surface area contributed by atoms with E-state index < -0.39 is 0 Å². The second kappa shape index (κ2) is 5.49. The molecule has 0 aromatic carbocycles. The summed E-state index contributed by atoms with van der Waals surface area (Å²) in [6.07, 6.45) is 5.50. The molecule has 0 spiro atoms. The van der Waals surface area contributed by atoms with Gasteiger partial charge < -0.3 is 10.2 Å².